The van der Waals surface area contributed by atoms with Gasteiger partial charge in [-0.3, -0.25) is 9.89 Å². The summed E-state index contributed by atoms with van der Waals surface area (Å²) >= 11 is 0. The third-order valence-corrected chi connectivity index (χ3v) is 5.29. The summed E-state index contributed by atoms with van der Waals surface area (Å²) < 4.78 is 11.6. The van der Waals surface area contributed by atoms with Crippen LogP contribution in [0.5, 0.6) is 0 Å². The van der Waals surface area contributed by atoms with Gasteiger partial charge in [0.2, 0.25) is 0 Å². The van der Waals surface area contributed by atoms with Crippen molar-refractivity contribution < 1.29 is 9.15 Å². The van der Waals surface area contributed by atoms with Gasteiger partial charge in [-0.05, 0) is 45.1 Å². The van der Waals surface area contributed by atoms with E-state index in [9.17, 15) is 0 Å². The number of nitrogens with zero attached hydrogens (tertiary/aromatic N) is 3. The Balaban J connectivity index is 0.00000320. The summed E-state index contributed by atoms with van der Waals surface area (Å²) in [5.41, 5.74) is 1.23. The van der Waals surface area contributed by atoms with E-state index in [0.717, 1.165) is 44.4 Å². The van der Waals surface area contributed by atoms with Gasteiger partial charge >= 0.3 is 0 Å². The topological polar surface area (TPSA) is 53.2 Å². The lowest BCUT2D eigenvalue weighted by molar-refractivity contribution is 0.0906. The largest absolute Gasteiger partial charge is 0.468 e. The highest BCUT2D eigenvalue weighted by Crippen LogP contribution is 2.21. The van der Waals surface area contributed by atoms with Crippen LogP contribution in [0.2, 0.25) is 0 Å². The van der Waals surface area contributed by atoms with Gasteiger partial charge in [-0.25, -0.2) is 0 Å². The molecule has 2 heterocycles. The normalized spacial score (nSPS) is 17.8. The molecule has 1 saturated heterocycles. The zero-order valence-electron chi connectivity index (χ0n) is 18.3. The highest BCUT2D eigenvalue weighted by molar-refractivity contribution is 14.0. The fourth-order valence-electron chi connectivity index (χ4n) is 3.67. The first kappa shape index (κ1) is 24.7. The van der Waals surface area contributed by atoms with E-state index in [-0.39, 0.29) is 30.0 Å². The van der Waals surface area contributed by atoms with Gasteiger partial charge in [-0.15, -0.1) is 24.0 Å². The van der Waals surface area contributed by atoms with E-state index in [1.54, 1.807) is 6.26 Å². The van der Waals surface area contributed by atoms with Crippen LogP contribution in [0.4, 0.5) is 0 Å². The molecule has 7 heteroatoms. The first-order valence-electron chi connectivity index (χ1n) is 10.5. The number of furan rings is 1. The summed E-state index contributed by atoms with van der Waals surface area (Å²) in [6, 6.07) is 14.4. The summed E-state index contributed by atoms with van der Waals surface area (Å²) in [6.07, 6.45) is 2.86. The molecule has 1 fully saturated rings. The highest BCUT2D eigenvalue weighted by Gasteiger charge is 2.25. The number of nitrogens with one attached hydrogen (secondary N) is 1. The van der Waals surface area contributed by atoms with E-state index in [1.165, 1.54) is 5.56 Å². The van der Waals surface area contributed by atoms with Crippen LogP contribution in [0.25, 0.3) is 0 Å². The van der Waals surface area contributed by atoms with E-state index >= 15 is 0 Å². The van der Waals surface area contributed by atoms with E-state index in [1.807, 2.05) is 18.2 Å². The summed E-state index contributed by atoms with van der Waals surface area (Å²) in [6.45, 7) is 7.09. The molecule has 0 aliphatic carbocycles. The molecule has 0 amide bonds. The number of likely N-dealkylation sites (tertiary alicyclic amines) is 1. The maximum absolute atomic E-state index is 5.96. The van der Waals surface area contributed by atoms with Crippen LogP contribution in [0.1, 0.15) is 30.7 Å². The molecule has 30 heavy (non-hydrogen) atoms. The standard InChI is InChI=1S/C23H34N4O2.HI/c1-4-24-23(25-15-21(26(2)3)22-11-8-14-29-22)27-13-12-20(16-27)18-28-17-19-9-6-5-7-10-19;/h5-11,14,20-21H,4,12-13,15-18H2,1-3H3,(H,24,25);1H. The Bertz CT molecular complexity index is 737. The molecule has 2 unspecified atom stereocenters. The number of hydrogen-bond donors (Lipinski definition) is 1. The molecule has 3 rings (SSSR count). The Morgan fingerprint density at radius 3 is 2.73 bits per heavy atom. The molecule has 1 aliphatic heterocycles. The first-order chi connectivity index (χ1) is 14.2. The molecule has 1 aromatic carbocycles. The monoisotopic (exact) mass is 526 g/mol. The summed E-state index contributed by atoms with van der Waals surface area (Å²) in [7, 11) is 4.12. The van der Waals surface area contributed by atoms with Gasteiger partial charge in [0.05, 0.1) is 32.1 Å². The van der Waals surface area contributed by atoms with Crippen LogP contribution in [0, 0.1) is 5.92 Å². The minimum absolute atomic E-state index is 0. The second kappa shape index (κ2) is 13.0. The Labute approximate surface area is 197 Å². The van der Waals surface area contributed by atoms with E-state index in [4.69, 9.17) is 14.1 Å². The quantitative estimate of drug-likeness (QED) is 0.304. The van der Waals surface area contributed by atoms with Crippen LogP contribution in [-0.2, 0) is 11.3 Å². The van der Waals surface area contributed by atoms with Crippen molar-refractivity contribution in [2.75, 3.05) is 46.9 Å². The maximum atomic E-state index is 5.96. The third kappa shape index (κ3) is 7.28. The highest BCUT2D eigenvalue weighted by atomic mass is 127. The fraction of sp³-hybridized carbons (Fsp3) is 0.522. The van der Waals surface area contributed by atoms with Gasteiger partial charge in [0.25, 0.3) is 0 Å². The van der Waals surface area contributed by atoms with Crippen molar-refractivity contribution in [1.29, 1.82) is 0 Å². The van der Waals surface area contributed by atoms with Crippen molar-refractivity contribution >= 4 is 29.9 Å². The Morgan fingerprint density at radius 2 is 2.07 bits per heavy atom. The van der Waals surface area contributed by atoms with Crippen LogP contribution < -0.4 is 5.32 Å². The smallest absolute Gasteiger partial charge is 0.193 e. The number of likely N-dealkylation sites (N-methyl/N-ethyl adjacent to an activating group) is 1. The summed E-state index contributed by atoms with van der Waals surface area (Å²) in [5.74, 6) is 2.47. The van der Waals surface area contributed by atoms with Crippen molar-refractivity contribution in [3.05, 3.63) is 60.1 Å². The predicted molar refractivity (Wildman–Crippen MR) is 132 cm³/mol. The fourth-order valence-corrected chi connectivity index (χ4v) is 3.67. The molecule has 0 spiro atoms. The second-order valence-electron chi connectivity index (χ2n) is 7.79. The minimum atomic E-state index is 0. The number of ether oxygens (including phenoxy) is 1. The van der Waals surface area contributed by atoms with Gasteiger partial charge in [-0.1, -0.05) is 30.3 Å². The molecule has 0 saturated carbocycles. The molecular formula is C23H35IN4O2. The Kier molecular flexibility index (Phi) is 10.7. The average molecular weight is 526 g/mol. The molecule has 166 valence electrons. The number of guanidine groups is 1. The SMILES string of the molecule is CCNC(=NCC(c1ccco1)N(C)C)N1CCC(COCc2ccccc2)C1.I. The number of benzene rings is 1. The number of halogens is 1. The molecule has 2 atom stereocenters. The zero-order valence-corrected chi connectivity index (χ0v) is 20.6. The number of hydrogen-bond acceptors (Lipinski definition) is 4. The van der Waals surface area contributed by atoms with Crippen LogP contribution in [0.15, 0.2) is 58.1 Å². The third-order valence-electron chi connectivity index (χ3n) is 5.29. The molecule has 6 nitrogen and oxygen atoms in total. The van der Waals surface area contributed by atoms with Crippen LogP contribution in [0.3, 0.4) is 0 Å². The first-order valence-corrected chi connectivity index (χ1v) is 10.5. The summed E-state index contributed by atoms with van der Waals surface area (Å²) in [4.78, 5) is 9.43. The second-order valence-corrected chi connectivity index (χ2v) is 7.79. The predicted octanol–water partition coefficient (Wildman–Crippen LogP) is 4.00. The molecule has 0 bridgehead atoms. The molecular weight excluding hydrogens is 491 g/mol. The van der Waals surface area contributed by atoms with Gasteiger partial charge < -0.3 is 19.4 Å². The lowest BCUT2D eigenvalue weighted by Crippen LogP contribution is -2.41. The van der Waals surface area contributed by atoms with Gasteiger partial charge in [-0.2, -0.15) is 0 Å². The van der Waals surface area contributed by atoms with Crippen LogP contribution >= 0.6 is 24.0 Å². The van der Waals surface area contributed by atoms with E-state index in [0.29, 0.717) is 19.1 Å². The Hall–Kier alpha value is -1.58. The summed E-state index contributed by atoms with van der Waals surface area (Å²) in [5, 5.41) is 3.45. The molecule has 1 aliphatic rings. The zero-order chi connectivity index (χ0) is 20.5. The van der Waals surface area contributed by atoms with Crippen molar-refractivity contribution in [2.45, 2.75) is 26.0 Å². The maximum Gasteiger partial charge on any atom is 0.193 e. The molecule has 0 radical (unpaired) electrons. The molecule has 1 N–H and O–H groups in total. The molecule has 1 aromatic heterocycles. The minimum Gasteiger partial charge on any atom is -0.468 e. The van der Waals surface area contributed by atoms with E-state index in [2.05, 4.69) is 60.4 Å². The Morgan fingerprint density at radius 1 is 1.27 bits per heavy atom. The van der Waals surface area contributed by atoms with Crippen LogP contribution in [-0.4, -0.2) is 62.6 Å². The van der Waals surface area contributed by atoms with Crippen molar-refractivity contribution in [3.8, 4) is 0 Å². The van der Waals surface area contributed by atoms with Crippen molar-refractivity contribution in [1.82, 2.24) is 15.1 Å². The average Bonchev–Trinajstić information content (AvgIpc) is 3.40. The van der Waals surface area contributed by atoms with E-state index < -0.39 is 0 Å². The number of rotatable bonds is 9. The van der Waals surface area contributed by atoms with Gasteiger partial charge in [0, 0.05) is 25.6 Å². The van der Waals surface area contributed by atoms with Crippen molar-refractivity contribution in [2.24, 2.45) is 10.9 Å². The number of aliphatic imine (C=N–C) groups is 1. The molecule has 2 aromatic rings. The lowest BCUT2D eigenvalue weighted by atomic mass is 10.1. The van der Waals surface area contributed by atoms with Gasteiger partial charge in [0.15, 0.2) is 5.96 Å². The lowest BCUT2D eigenvalue weighted by Gasteiger charge is -2.24. The van der Waals surface area contributed by atoms with Crippen molar-refractivity contribution in [3.63, 3.8) is 0 Å². The van der Waals surface area contributed by atoms with Gasteiger partial charge in [0.1, 0.15) is 5.76 Å².